The van der Waals surface area contributed by atoms with Crippen molar-refractivity contribution in [3.05, 3.63) is 122 Å². The summed E-state index contributed by atoms with van der Waals surface area (Å²) in [6.07, 6.45) is -1.47. The van der Waals surface area contributed by atoms with Crippen LogP contribution >= 0.6 is 22.9 Å². The molecule has 0 unspecified atom stereocenters. The van der Waals surface area contributed by atoms with Crippen molar-refractivity contribution in [2.24, 2.45) is 17.0 Å². The lowest BCUT2D eigenvalue weighted by Crippen LogP contribution is -2.65. The highest BCUT2D eigenvalue weighted by molar-refractivity contribution is 7.16. The number of β-lactam (4-membered cyclic amide) rings is 1. The van der Waals surface area contributed by atoms with Crippen LogP contribution in [0.2, 0.25) is 4.34 Å². The van der Waals surface area contributed by atoms with Gasteiger partial charge in [0.05, 0.1) is 45.1 Å². The lowest BCUT2D eigenvalue weighted by atomic mass is 9.86. The monoisotopic (exact) mass is 1050 g/mol. The van der Waals surface area contributed by atoms with Crippen molar-refractivity contribution in [3.8, 4) is 11.5 Å². The van der Waals surface area contributed by atoms with E-state index in [1.807, 2.05) is 60.7 Å². The topological polar surface area (TPSA) is 208 Å². The van der Waals surface area contributed by atoms with Gasteiger partial charge in [-0.3, -0.25) is 24.1 Å². The molecule has 0 aliphatic carbocycles. The Balaban J connectivity index is 1.05. The molecule has 7 rings (SSSR count). The third kappa shape index (κ3) is 13.8. The quantitative estimate of drug-likeness (QED) is 0.0229. The molecule has 3 aliphatic rings. The number of amides is 2. The molecule has 1 aromatic heterocycles. The highest BCUT2D eigenvalue weighted by atomic mass is 35.5. The van der Waals surface area contributed by atoms with E-state index in [9.17, 15) is 28.8 Å². The number of oxime groups is 1. The number of ketones is 1. The normalized spacial score (nSPS) is 17.7. The van der Waals surface area contributed by atoms with E-state index < -0.39 is 71.5 Å². The van der Waals surface area contributed by atoms with E-state index in [-0.39, 0.29) is 59.4 Å². The van der Waals surface area contributed by atoms with Crippen LogP contribution in [0.25, 0.3) is 0 Å². The van der Waals surface area contributed by atoms with E-state index >= 15 is 0 Å². The molecule has 3 aromatic carbocycles. The lowest BCUT2D eigenvalue weighted by Gasteiger charge is -2.50. The number of fused-ring (bicyclic) bond motifs is 1. The number of carbonyl (C=O) groups excluding carboxylic acids is 6. The van der Waals surface area contributed by atoms with Crippen LogP contribution in [0.5, 0.6) is 11.5 Å². The minimum atomic E-state index is -1.35. The zero-order valence-electron chi connectivity index (χ0n) is 41.8. The summed E-state index contributed by atoms with van der Waals surface area (Å²) in [5, 5.41) is 7.26. The molecule has 0 spiro atoms. The third-order valence-corrected chi connectivity index (χ3v) is 13.8. The number of hydrogen-bond donors (Lipinski definition) is 1. The Morgan fingerprint density at radius 1 is 0.932 bits per heavy atom. The van der Waals surface area contributed by atoms with Gasteiger partial charge < -0.3 is 42.9 Å². The molecule has 22 heteroatoms. The van der Waals surface area contributed by atoms with Crippen LogP contribution in [-0.4, -0.2) is 129 Å². The Labute approximate surface area is 441 Å². The number of aromatic nitrogens is 1. The predicted molar refractivity (Wildman–Crippen MR) is 273 cm³/mol. The van der Waals surface area contributed by atoms with Crippen molar-refractivity contribution in [3.63, 3.8) is 0 Å². The Morgan fingerprint density at radius 2 is 1.58 bits per heavy atom. The molecular formula is C52H57B2ClN5O13S+. The van der Waals surface area contributed by atoms with E-state index in [1.54, 1.807) is 52.8 Å². The largest absolute Gasteiger partial charge is 0.541 e. The van der Waals surface area contributed by atoms with Crippen LogP contribution < -0.4 is 14.8 Å². The van der Waals surface area contributed by atoms with E-state index in [2.05, 4.69) is 20.1 Å². The van der Waals surface area contributed by atoms with Crippen molar-refractivity contribution < 1.29 is 66.3 Å². The summed E-state index contributed by atoms with van der Waals surface area (Å²) in [5.41, 5.74) is 1.28. The summed E-state index contributed by atoms with van der Waals surface area (Å²) in [6.45, 7) is 11.3. The van der Waals surface area contributed by atoms with Gasteiger partial charge in [-0.2, -0.15) is 0 Å². The van der Waals surface area contributed by atoms with Gasteiger partial charge in [0.2, 0.25) is 12.0 Å². The van der Waals surface area contributed by atoms with Crippen molar-refractivity contribution in [1.82, 2.24) is 15.2 Å². The average molecular weight is 1050 g/mol. The molecule has 2 fully saturated rings. The predicted octanol–water partition coefficient (Wildman–Crippen LogP) is 5.91. The van der Waals surface area contributed by atoms with Crippen molar-refractivity contribution >= 4 is 80.3 Å². The van der Waals surface area contributed by atoms with Gasteiger partial charge in [-0.05, 0) is 50.1 Å². The molecule has 4 aromatic rings. The Kier molecular flexibility index (Phi) is 18.4. The van der Waals surface area contributed by atoms with Gasteiger partial charge in [0.1, 0.15) is 52.3 Å². The molecule has 4 heterocycles. The molecule has 386 valence electrons. The molecule has 0 bridgehead atoms. The van der Waals surface area contributed by atoms with Crippen molar-refractivity contribution in [2.45, 2.75) is 91.4 Å². The van der Waals surface area contributed by atoms with E-state index in [0.29, 0.717) is 53.4 Å². The second-order valence-corrected chi connectivity index (χ2v) is 21.2. The minimum absolute atomic E-state index is 0.0338. The number of Topliss-reactive ketones (excluding diaryl/α,β-unsaturated/α-hetero) is 1. The van der Waals surface area contributed by atoms with Crippen LogP contribution in [0.15, 0.2) is 95.3 Å². The molecule has 3 atom stereocenters. The number of thiazole rings is 1. The maximum atomic E-state index is 14.3. The first kappa shape index (κ1) is 55.2. The summed E-state index contributed by atoms with van der Waals surface area (Å²) in [7, 11) is 10.6. The zero-order chi connectivity index (χ0) is 53.2. The number of carbonyl (C=O) groups is 6. The standard InChI is InChI=1S/C52H56B2ClN5O13S/c1-31(2)45(51(66)72-54)73-58-42(43-46(55)74-40(57-43)26-41(62)70-52(3,4)5)37(61)25-36-48(64)59-44(50(65)71-53)35(30-69-49(36)59)27-60(21-12-13-22-60)23-20-56-47(63)34-18-19-38(67-28-32-14-8-6-9-15-32)39(24-34)68-29-33-16-10-7-11-17-33/h6-11,14-19,24,31,36,45,49H,12-13,20-23,25-30H2,1-5H3/p+1/b58-42-/t36-,45+,49-/m1/s1. The smallest absolute Gasteiger partial charge is 0.378 e. The molecule has 18 nitrogen and oxygen atoms in total. The second kappa shape index (κ2) is 24.7. The maximum Gasteiger partial charge on any atom is 0.378 e. The van der Waals surface area contributed by atoms with Gasteiger partial charge in [-0.1, -0.05) is 91.3 Å². The summed E-state index contributed by atoms with van der Waals surface area (Å²) in [4.78, 5) is 91.8. The van der Waals surface area contributed by atoms with Gasteiger partial charge in [0.25, 0.3) is 5.91 Å². The van der Waals surface area contributed by atoms with Crippen molar-refractivity contribution in [2.75, 3.05) is 39.3 Å². The highest BCUT2D eigenvalue weighted by Gasteiger charge is 2.56. The number of rotatable bonds is 23. The van der Waals surface area contributed by atoms with Gasteiger partial charge in [0, 0.05) is 36.3 Å². The molecule has 4 radical (unpaired) electrons. The lowest BCUT2D eigenvalue weighted by molar-refractivity contribution is -0.911. The summed E-state index contributed by atoms with van der Waals surface area (Å²) in [5.74, 6) is -5.00. The minimum Gasteiger partial charge on any atom is -0.541 e. The fourth-order valence-corrected chi connectivity index (χ4v) is 10.1. The number of nitrogens with zero attached hydrogens (tertiary/aromatic N) is 4. The first-order chi connectivity index (χ1) is 35.4. The molecule has 2 amide bonds. The molecule has 1 N–H and O–H groups in total. The number of esters is 1. The van der Waals surface area contributed by atoms with Gasteiger partial charge in [-0.15, -0.1) is 11.3 Å². The Morgan fingerprint density at radius 3 is 2.19 bits per heavy atom. The zero-order valence-corrected chi connectivity index (χ0v) is 43.4. The van der Waals surface area contributed by atoms with Gasteiger partial charge >= 0.3 is 34.0 Å². The number of nitrogens with one attached hydrogen (secondary N) is 1. The summed E-state index contributed by atoms with van der Waals surface area (Å²) in [6, 6.07) is 24.5. The number of halogens is 1. The first-order valence-corrected chi connectivity index (χ1v) is 25.3. The fraction of sp³-hybridized carbons (Fsp3) is 0.423. The first-order valence-electron chi connectivity index (χ1n) is 24.1. The number of likely N-dealkylation sites (tertiary alicyclic amines) is 1. The third-order valence-electron chi connectivity index (χ3n) is 12.5. The Bertz CT molecular complexity index is 2760. The SMILES string of the molecule is [B]OC(=O)C1=C(C[N+]2(CCNC(=O)c3ccc(OCc4ccccc4)c(OCc4ccccc4)c3)CCCC2)CO[C@@H]2[C@H](CC(=O)/C(=N/O[C@H](C(=O)O[B])C(C)C)c3nc(CC(=O)OC(C)(C)C)sc3Cl)C(=O)N12. The Hall–Kier alpha value is -6.54. The van der Waals surface area contributed by atoms with Crippen LogP contribution in [0.4, 0.5) is 0 Å². The second-order valence-electron chi connectivity index (χ2n) is 19.5. The van der Waals surface area contributed by atoms with Gasteiger partial charge in [-0.25, -0.2) is 14.6 Å². The summed E-state index contributed by atoms with van der Waals surface area (Å²) >= 11 is 7.51. The molecule has 3 aliphatic heterocycles. The number of quaternary nitrogens is 1. The van der Waals surface area contributed by atoms with Crippen LogP contribution in [0.3, 0.4) is 0 Å². The van der Waals surface area contributed by atoms with Gasteiger partial charge in [0.15, 0.2) is 23.0 Å². The molecule has 74 heavy (non-hydrogen) atoms. The number of ether oxygens (including phenoxy) is 4. The molecule has 2 saturated heterocycles. The van der Waals surface area contributed by atoms with E-state index in [4.69, 9.17) is 56.1 Å². The van der Waals surface area contributed by atoms with Crippen LogP contribution in [-0.2, 0) is 67.2 Å². The molecule has 0 saturated carbocycles. The van der Waals surface area contributed by atoms with E-state index in [0.717, 1.165) is 40.2 Å². The number of hydrogen-bond acceptors (Lipinski definition) is 16. The highest BCUT2D eigenvalue weighted by Crippen LogP contribution is 2.41. The molecular weight excluding hydrogens is 992 g/mol. The number of benzene rings is 3. The van der Waals surface area contributed by atoms with Crippen molar-refractivity contribution in [1.29, 1.82) is 0 Å². The van der Waals surface area contributed by atoms with Crippen LogP contribution in [0.1, 0.15) is 86.1 Å². The fourth-order valence-electron chi connectivity index (χ4n) is 8.92. The summed E-state index contributed by atoms with van der Waals surface area (Å²) < 4.78 is 33.6. The van der Waals surface area contributed by atoms with E-state index in [1.165, 1.54) is 0 Å². The van der Waals surface area contributed by atoms with Crippen LogP contribution in [0, 0.1) is 11.8 Å². The maximum absolute atomic E-state index is 14.3. The average Bonchev–Trinajstić information content (AvgIpc) is 3.99.